The number of azo groups is 2. The number of hydrogen-bond donors (Lipinski definition) is 0. The molecule has 0 aliphatic rings. The first-order valence-electron chi connectivity index (χ1n) is 9.77. The third-order valence-electron chi connectivity index (χ3n) is 4.92. The van der Waals surface area contributed by atoms with E-state index in [1.54, 1.807) is 0 Å². The largest absolute Gasteiger partial charge is 0.150 e. The van der Waals surface area contributed by atoms with Gasteiger partial charge in [-0.25, -0.2) is 0 Å². The maximum Gasteiger partial charge on any atom is 0.122 e. The summed E-state index contributed by atoms with van der Waals surface area (Å²) in [6.45, 7) is 0. The van der Waals surface area contributed by atoms with Crippen LogP contribution in [0.25, 0.3) is 21.5 Å². The molecule has 0 aliphatic carbocycles. The minimum Gasteiger partial charge on any atom is -0.150 e. The fourth-order valence-corrected chi connectivity index (χ4v) is 3.51. The Hall–Kier alpha value is -4.18. The Morgan fingerprint density at radius 3 is 1.03 bits per heavy atom. The fourth-order valence-electron chi connectivity index (χ4n) is 3.51. The summed E-state index contributed by atoms with van der Waals surface area (Å²) in [6.07, 6.45) is 0. The standard InChI is InChI=1S/C26H18N4/c1-3-11-19(12-4-1)27-29-25-23-17-9-7-15-21(23)22-16-8-10-18-24(22)26(25)30-28-20-13-5-2-6-14-20/h1-18H. The summed E-state index contributed by atoms with van der Waals surface area (Å²) in [5.74, 6) is 0. The quantitative estimate of drug-likeness (QED) is 0.219. The van der Waals surface area contributed by atoms with Crippen molar-refractivity contribution in [3.8, 4) is 0 Å². The highest BCUT2D eigenvalue weighted by molar-refractivity contribution is 6.18. The molecule has 0 heterocycles. The average Bonchev–Trinajstić information content (AvgIpc) is 2.83. The second-order valence-corrected chi connectivity index (χ2v) is 6.86. The summed E-state index contributed by atoms with van der Waals surface area (Å²) < 4.78 is 0. The zero-order valence-corrected chi connectivity index (χ0v) is 16.2. The van der Waals surface area contributed by atoms with Crippen LogP contribution >= 0.6 is 0 Å². The number of hydrogen-bond acceptors (Lipinski definition) is 4. The highest BCUT2D eigenvalue weighted by Crippen LogP contribution is 2.44. The van der Waals surface area contributed by atoms with Crippen LogP contribution in [0.1, 0.15) is 0 Å². The van der Waals surface area contributed by atoms with E-state index in [-0.39, 0.29) is 0 Å². The summed E-state index contributed by atoms with van der Waals surface area (Å²) in [7, 11) is 0. The minimum absolute atomic E-state index is 0.716. The molecule has 30 heavy (non-hydrogen) atoms. The zero-order chi connectivity index (χ0) is 20.2. The number of nitrogens with zero attached hydrogens (tertiary/aromatic N) is 4. The summed E-state index contributed by atoms with van der Waals surface area (Å²) in [6, 6.07) is 35.9. The molecule has 5 aromatic carbocycles. The molecule has 0 radical (unpaired) electrons. The second kappa shape index (κ2) is 8.05. The zero-order valence-electron chi connectivity index (χ0n) is 16.2. The van der Waals surface area contributed by atoms with Crippen LogP contribution in [0, 0.1) is 0 Å². The van der Waals surface area contributed by atoms with Crippen LogP contribution in [-0.2, 0) is 0 Å². The lowest BCUT2D eigenvalue weighted by Gasteiger charge is -2.10. The van der Waals surface area contributed by atoms with Gasteiger partial charge >= 0.3 is 0 Å². The van der Waals surface area contributed by atoms with Gasteiger partial charge in [0.05, 0.1) is 11.4 Å². The molecule has 0 atom stereocenters. The van der Waals surface area contributed by atoms with Gasteiger partial charge in [-0.15, -0.1) is 10.2 Å². The lowest BCUT2D eigenvalue weighted by atomic mass is 9.98. The van der Waals surface area contributed by atoms with Crippen molar-refractivity contribution < 1.29 is 0 Å². The number of fused-ring (bicyclic) bond motifs is 3. The van der Waals surface area contributed by atoms with E-state index >= 15 is 0 Å². The first kappa shape index (κ1) is 17.9. The van der Waals surface area contributed by atoms with Crippen LogP contribution in [0.5, 0.6) is 0 Å². The van der Waals surface area contributed by atoms with Crippen molar-refractivity contribution >= 4 is 44.3 Å². The molecule has 0 aromatic heterocycles. The third kappa shape index (κ3) is 3.47. The van der Waals surface area contributed by atoms with E-state index in [1.807, 2.05) is 84.9 Å². The monoisotopic (exact) mass is 386 g/mol. The smallest absolute Gasteiger partial charge is 0.122 e. The third-order valence-corrected chi connectivity index (χ3v) is 4.92. The van der Waals surface area contributed by atoms with E-state index in [1.165, 1.54) is 0 Å². The van der Waals surface area contributed by atoms with E-state index < -0.39 is 0 Å². The van der Waals surface area contributed by atoms with Crippen molar-refractivity contribution in [1.82, 2.24) is 0 Å². The van der Waals surface area contributed by atoms with Crippen molar-refractivity contribution in [3.05, 3.63) is 109 Å². The van der Waals surface area contributed by atoms with E-state index in [9.17, 15) is 0 Å². The maximum atomic E-state index is 4.64. The van der Waals surface area contributed by atoms with Crippen LogP contribution < -0.4 is 0 Å². The Morgan fingerprint density at radius 2 is 0.633 bits per heavy atom. The molecule has 5 rings (SSSR count). The van der Waals surface area contributed by atoms with E-state index in [2.05, 4.69) is 44.7 Å². The van der Waals surface area contributed by atoms with Crippen LogP contribution in [0.3, 0.4) is 0 Å². The Bertz CT molecular complexity index is 1270. The molecule has 4 heteroatoms. The van der Waals surface area contributed by atoms with Crippen molar-refractivity contribution in [1.29, 1.82) is 0 Å². The molecular formula is C26H18N4. The number of rotatable bonds is 4. The van der Waals surface area contributed by atoms with Crippen LogP contribution in [0.4, 0.5) is 22.7 Å². The van der Waals surface area contributed by atoms with Gasteiger partial charge < -0.3 is 0 Å². The van der Waals surface area contributed by atoms with E-state index in [0.29, 0.717) is 11.4 Å². The molecule has 142 valence electrons. The van der Waals surface area contributed by atoms with E-state index in [0.717, 1.165) is 32.9 Å². The SMILES string of the molecule is c1ccc(N=Nc2c(N=Nc3ccccc3)c3ccccc3c3ccccc23)cc1. The first-order chi connectivity index (χ1) is 14.9. The van der Waals surface area contributed by atoms with Crippen molar-refractivity contribution in [2.45, 2.75) is 0 Å². The maximum absolute atomic E-state index is 4.64. The van der Waals surface area contributed by atoms with Gasteiger partial charge in [-0.2, -0.15) is 10.2 Å². The Morgan fingerprint density at radius 1 is 0.300 bits per heavy atom. The normalized spacial score (nSPS) is 11.7. The molecule has 0 amide bonds. The van der Waals surface area contributed by atoms with Crippen molar-refractivity contribution in [3.63, 3.8) is 0 Å². The van der Waals surface area contributed by atoms with Gasteiger partial charge in [0.15, 0.2) is 0 Å². The molecule has 0 spiro atoms. The van der Waals surface area contributed by atoms with Gasteiger partial charge in [0.2, 0.25) is 0 Å². The molecular weight excluding hydrogens is 368 g/mol. The average molecular weight is 386 g/mol. The highest BCUT2D eigenvalue weighted by atomic mass is 15.2. The Labute approximate surface area is 174 Å². The molecule has 4 nitrogen and oxygen atoms in total. The molecule has 0 saturated heterocycles. The van der Waals surface area contributed by atoms with Gasteiger partial charge in [-0.1, -0.05) is 84.9 Å². The molecule has 0 bridgehead atoms. The van der Waals surface area contributed by atoms with Gasteiger partial charge in [0.25, 0.3) is 0 Å². The summed E-state index contributed by atoms with van der Waals surface area (Å²) in [4.78, 5) is 0. The Balaban J connectivity index is 1.78. The van der Waals surface area contributed by atoms with Gasteiger partial charge in [-0.3, -0.25) is 0 Å². The molecule has 0 fully saturated rings. The van der Waals surface area contributed by atoms with Gasteiger partial charge in [0, 0.05) is 10.8 Å². The van der Waals surface area contributed by atoms with Crippen molar-refractivity contribution in [2.75, 3.05) is 0 Å². The summed E-state index contributed by atoms with van der Waals surface area (Å²) in [5.41, 5.74) is 3.02. The predicted octanol–water partition coefficient (Wildman–Crippen LogP) is 8.82. The molecule has 5 aromatic rings. The highest BCUT2D eigenvalue weighted by Gasteiger charge is 2.14. The van der Waals surface area contributed by atoms with Gasteiger partial charge in [-0.05, 0) is 35.0 Å². The molecule has 0 unspecified atom stereocenters. The van der Waals surface area contributed by atoms with Crippen LogP contribution in [0.2, 0.25) is 0 Å². The summed E-state index contributed by atoms with van der Waals surface area (Å²) >= 11 is 0. The minimum atomic E-state index is 0.716. The second-order valence-electron chi connectivity index (χ2n) is 6.86. The van der Waals surface area contributed by atoms with Crippen LogP contribution in [0.15, 0.2) is 130 Å². The molecule has 0 N–H and O–H groups in total. The number of benzene rings is 5. The first-order valence-corrected chi connectivity index (χ1v) is 9.77. The molecule has 0 aliphatic heterocycles. The van der Waals surface area contributed by atoms with Gasteiger partial charge in [0.1, 0.15) is 11.4 Å². The fraction of sp³-hybridized carbons (Fsp3) is 0. The lowest BCUT2D eigenvalue weighted by molar-refractivity contribution is 1.20. The van der Waals surface area contributed by atoms with Crippen molar-refractivity contribution in [2.24, 2.45) is 20.5 Å². The molecule has 0 saturated carbocycles. The predicted molar refractivity (Wildman–Crippen MR) is 123 cm³/mol. The topological polar surface area (TPSA) is 49.4 Å². The van der Waals surface area contributed by atoms with E-state index in [4.69, 9.17) is 0 Å². The Kier molecular flexibility index (Phi) is 4.80. The summed E-state index contributed by atoms with van der Waals surface area (Å²) in [5, 5.41) is 22.5. The lowest BCUT2D eigenvalue weighted by Crippen LogP contribution is -1.81. The van der Waals surface area contributed by atoms with Crippen LogP contribution in [-0.4, -0.2) is 0 Å².